The summed E-state index contributed by atoms with van der Waals surface area (Å²) in [7, 11) is -2.43. The summed E-state index contributed by atoms with van der Waals surface area (Å²) < 4.78 is 5.68. The molecule has 0 fully saturated rings. The number of unbranched alkanes of at least 4 members (excludes halogenated alkanes) is 18. The molecule has 0 bridgehead atoms. The van der Waals surface area contributed by atoms with Gasteiger partial charge in [0.25, 0.3) is 0 Å². The lowest BCUT2D eigenvalue weighted by molar-refractivity contribution is 0.369. The predicted octanol–water partition coefficient (Wildman–Crippen LogP) is 11.8. The number of benzene rings is 1. The molecule has 0 unspecified atom stereocenters. The molecule has 1 aromatic rings. The van der Waals surface area contributed by atoms with E-state index in [4.69, 9.17) is 4.52 Å². The molecule has 0 amide bonds. The Morgan fingerprint density at radius 2 is 1.00 bits per heavy atom. The largest absolute Gasteiger partial charge is 0.427 e. The van der Waals surface area contributed by atoms with Crippen molar-refractivity contribution in [2.75, 3.05) is 0 Å². The summed E-state index contributed by atoms with van der Waals surface area (Å²) in [5.74, 6) is 0.688. The Morgan fingerprint density at radius 1 is 0.615 bits per heavy atom. The first kappa shape index (κ1) is 36.4. The highest BCUT2D eigenvalue weighted by Crippen LogP contribution is 2.43. The summed E-state index contributed by atoms with van der Waals surface area (Å²) in [6, 6.07) is 2.12. The van der Waals surface area contributed by atoms with Crippen LogP contribution < -0.4 is 4.52 Å². The molecule has 39 heavy (non-hydrogen) atoms. The van der Waals surface area contributed by atoms with E-state index in [1.807, 2.05) is 0 Å². The SMILES string of the molecule is CCCCCCCCCCCCc1cc(OP(O)O)c(C(C)(C)C)c(CCCCCCCCCCCC)c1C. The fourth-order valence-electron chi connectivity index (χ4n) is 6.02. The summed E-state index contributed by atoms with van der Waals surface area (Å²) in [5.41, 5.74) is 5.17. The van der Waals surface area contributed by atoms with Crippen LogP contribution in [0.2, 0.25) is 0 Å². The molecule has 2 N–H and O–H groups in total. The molecule has 0 atom stereocenters. The third-order valence-electron chi connectivity index (χ3n) is 8.30. The molecule has 0 radical (unpaired) electrons. The van der Waals surface area contributed by atoms with Crippen LogP contribution in [0.1, 0.15) is 185 Å². The quantitative estimate of drug-likeness (QED) is 0.0969. The Balaban J connectivity index is 2.72. The van der Waals surface area contributed by atoms with Gasteiger partial charge in [-0.25, -0.2) is 0 Å². The summed E-state index contributed by atoms with van der Waals surface area (Å²) in [6.07, 6.45) is 28.9. The van der Waals surface area contributed by atoms with Crippen molar-refractivity contribution in [2.24, 2.45) is 0 Å². The average molecular weight is 565 g/mol. The molecular formula is C35H65O3P. The molecule has 0 spiro atoms. The van der Waals surface area contributed by atoms with E-state index in [1.165, 1.54) is 151 Å². The minimum absolute atomic E-state index is 0.116. The smallest absolute Gasteiger partial charge is 0.391 e. The van der Waals surface area contributed by atoms with E-state index >= 15 is 0 Å². The molecule has 0 aliphatic carbocycles. The molecule has 0 aliphatic rings. The first-order valence-electron chi connectivity index (χ1n) is 16.7. The second kappa shape index (κ2) is 22.0. The normalized spacial score (nSPS) is 12.0. The highest BCUT2D eigenvalue weighted by Gasteiger charge is 2.27. The fourth-order valence-corrected chi connectivity index (χ4v) is 6.34. The van der Waals surface area contributed by atoms with Crippen molar-refractivity contribution in [1.29, 1.82) is 0 Å². The first-order chi connectivity index (χ1) is 18.7. The van der Waals surface area contributed by atoms with E-state index in [0.29, 0.717) is 5.75 Å². The van der Waals surface area contributed by atoms with Gasteiger partial charge >= 0.3 is 8.60 Å². The van der Waals surface area contributed by atoms with Gasteiger partial charge in [-0.2, -0.15) is 0 Å². The highest BCUT2D eigenvalue weighted by atomic mass is 31.2. The summed E-state index contributed by atoms with van der Waals surface area (Å²) in [5, 5.41) is 0. The molecule has 1 aromatic carbocycles. The molecule has 0 aliphatic heterocycles. The van der Waals surface area contributed by atoms with Gasteiger partial charge in [0.1, 0.15) is 5.75 Å². The number of aryl methyl sites for hydroxylation is 1. The third-order valence-corrected chi connectivity index (χ3v) is 8.66. The zero-order chi connectivity index (χ0) is 28.9. The van der Waals surface area contributed by atoms with Gasteiger partial charge in [0, 0.05) is 5.56 Å². The van der Waals surface area contributed by atoms with E-state index in [9.17, 15) is 9.79 Å². The molecule has 1 rings (SSSR count). The second-order valence-electron chi connectivity index (χ2n) is 13.0. The lowest BCUT2D eigenvalue weighted by atomic mass is 9.78. The maximum atomic E-state index is 9.77. The Hall–Kier alpha value is -0.630. The summed E-state index contributed by atoms with van der Waals surface area (Å²) in [6.45, 7) is 13.5. The molecule has 0 heterocycles. The minimum Gasteiger partial charge on any atom is -0.427 e. The summed E-state index contributed by atoms with van der Waals surface area (Å²) >= 11 is 0. The van der Waals surface area contributed by atoms with Gasteiger partial charge < -0.3 is 14.3 Å². The second-order valence-corrected chi connectivity index (χ2v) is 13.7. The predicted molar refractivity (Wildman–Crippen MR) is 173 cm³/mol. The van der Waals surface area contributed by atoms with Gasteiger partial charge in [0.05, 0.1) is 0 Å². The average Bonchev–Trinajstić information content (AvgIpc) is 2.87. The topological polar surface area (TPSA) is 49.7 Å². The first-order valence-corrected chi connectivity index (χ1v) is 17.9. The molecule has 0 aromatic heterocycles. The lowest BCUT2D eigenvalue weighted by Crippen LogP contribution is -2.18. The van der Waals surface area contributed by atoms with E-state index in [2.05, 4.69) is 47.6 Å². The summed E-state index contributed by atoms with van der Waals surface area (Å²) in [4.78, 5) is 19.5. The van der Waals surface area contributed by atoms with Crippen LogP contribution in [0.4, 0.5) is 0 Å². The van der Waals surface area contributed by atoms with Gasteiger partial charge in [-0.1, -0.05) is 150 Å². The molecule has 0 saturated carbocycles. The van der Waals surface area contributed by atoms with Crippen LogP contribution >= 0.6 is 8.60 Å². The Morgan fingerprint density at radius 3 is 1.38 bits per heavy atom. The van der Waals surface area contributed by atoms with Crippen LogP contribution in [0.3, 0.4) is 0 Å². The van der Waals surface area contributed by atoms with E-state index in [1.54, 1.807) is 0 Å². The molecular weight excluding hydrogens is 499 g/mol. The van der Waals surface area contributed by atoms with Crippen molar-refractivity contribution in [3.63, 3.8) is 0 Å². The zero-order valence-electron chi connectivity index (χ0n) is 26.9. The van der Waals surface area contributed by atoms with Crippen LogP contribution in [0, 0.1) is 6.92 Å². The zero-order valence-corrected chi connectivity index (χ0v) is 27.8. The Bertz CT molecular complexity index is 738. The van der Waals surface area contributed by atoms with E-state index in [-0.39, 0.29) is 5.41 Å². The van der Waals surface area contributed by atoms with Crippen molar-refractivity contribution >= 4 is 8.60 Å². The van der Waals surface area contributed by atoms with Crippen LogP contribution in [0.5, 0.6) is 5.75 Å². The molecule has 3 nitrogen and oxygen atoms in total. The standard InChI is InChI=1S/C35H65O3P/c1-7-9-11-13-15-17-19-21-23-25-27-31-29-33(38-39(36)37)34(35(4,5)6)32(30(31)3)28-26-24-22-20-18-16-14-12-10-8-2/h29,36-37H,7-28H2,1-6H3. The van der Waals surface area contributed by atoms with Crippen LogP contribution in [0.15, 0.2) is 6.07 Å². The van der Waals surface area contributed by atoms with Gasteiger partial charge in [-0.15, -0.1) is 0 Å². The van der Waals surface area contributed by atoms with Crippen LogP contribution in [-0.4, -0.2) is 9.79 Å². The van der Waals surface area contributed by atoms with Gasteiger partial charge in [-0.05, 0) is 60.8 Å². The number of hydrogen-bond donors (Lipinski definition) is 2. The van der Waals surface area contributed by atoms with Gasteiger partial charge in [-0.3, -0.25) is 0 Å². The maximum absolute atomic E-state index is 9.77. The number of rotatable bonds is 24. The molecule has 0 saturated heterocycles. The van der Waals surface area contributed by atoms with Crippen molar-refractivity contribution in [1.82, 2.24) is 0 Å². The van der Waals surface area contributed by atoms with Crippen LogP contribution in [-0.2, 0) is 18.3 Å². The van der Waals surface area contributed by atoms with E-state index < -0.39 is 8.60 Å². The molecule has 228 valence electrons. The number of hydrogen-bond acceptors (Lipinski definition) is 3. The van der Waals surface area contributed by atoms with Crippen LogP contribution in [0.25, 0.3) is 0 Å². The molecule has 4 heteroatoms. The van der Waals surface area contributed by atoms with Crippen molar-refractivity contribution < 1.29 is 14.3 Å². The van der Waals surface area contributed by atoms with Crippen molar-refractivity contribution in [3.8, 4) is 5.75 Å². The van der Waals surface area contributed by atoms with Gasteiger partial charge in [0.15, 0.2) is 0 Å². The van der Waals surface area contributed by atoms with Crippen molar-refractivity contribution in [2.45, 2.75) is 188 Å². The highest BCUT2D eigenvalue weighted by molar-refractivity contribution is 7.39. The Kier molecular flexibility index (Phi) is 20.6. The maximum Gasteiger partial charge on any atom is 0.391 e. The lowest BCUT2D eigenvalue weighted by Gasteiger charge is -2.29. The monoisotopic (exact) mass is 564 g/mol. The van der Waals surface area contributed by atoms with Gasteiger partial charge in [0.2, 0.25) is 0 Å². The Labute approximate surface area is 244 Å². The van der Waals surface area contributed by atoms with Crippen molar-refractivity contribution in [3.05, 3.63) is 28.3 Å². The third kappa shape index (κ3) is 16.4. The van der Waals surface area contributed by atoms with E-state index in [0.717, 1.165) is 12.8 Å². The minimum atomic E-state index is -2.43. The fraction of sp³-hybridized carbons (Fsp3) is 0.829.